The van der Waals surface area contributed by atoms with Crippen molar-refractivity contribution in [3.8, 4) is 0 Å². The molecule has 0 saturated carbocycles. The monoisotopic (exact) mass is 428 g/mol. The van der Waals surface area contributed by atoms with Crippen LogP contribution in [0.25, 0.3) is 0 Å². The Balaban J connectivity index is 1.84. The number of esters is 2. The summed E-state index contributed by atoms with van der Waals surface area (Å²) in [5.41, 5.74) is 1.15. The van der Waals surface area contributed by atoms with E-state index in [0.717, 1.165) is 12.7 Å². The first-order chi connectivity index (χ1) is 14.9. The maximum Gasteiger partial charge on any atom is 0.408 e. The van der Waals surface area contributed by atoms with Gasteiger partial charge in [0, 0.05) is 5.56 Å². The zero-order valence-electron chi connectivity index (χ0n) is 17.2. The molecule has 0 aliphatic rings. The topological polar surface area (TPSA) is 120 Å². The predicted molar refractivity (Wildman–Crippen MR) is 110 cm³/mol. The van der Waals surface area contributed by atoms with Crippen LogP contribution in [0.2, 0.25) is 0 Å². The number of hydrogen-bond donors (Lipinski definition) is 2. The summed E-state index contributed by atoms with van der Waals surface area (Å²) in [6.45, 7) is 0.957. The van der Waals surface area contributed by atoms with Crippen molar-refractivity contribution in [1.82, 2.24) is 10.6 Å². The zero-order valence-corrected chi connectivity index (χ0v) is 17.2. The van der Waals surface area contributed by atoms with E-state index in [9.17, 15) is 19.2 Å². The number of rotatable bonds is 9. The predicted octanol–water partition coefficient (Wildman–Crippen LogP) is 1.82. The van der Waals surface area contributed by atoms with Gasteiger partial charge in [0.15, 0.2) is 6.04 Å². The van der Waals surface area contributed by atoms with Crippen molar-refractivity contribution in [3.63, 3.8) is 0 Å². The van der Waals surface area contributed by atoms with Gasteiger partial charge in [0.2, 0.25) is 0 Å². The van der Waals surface area contributed by atoms with Crippen LogP contribution in [-0.4, -0.2) is 49.7 Å². The standard InChI is InChI=1S/C22H24N2O7/c1-15(23-19(25)17-11-7-4-8-12-17)20(26)30-14-18(21(27)29-2)24-22(28)31-13-16-9-5-3-6-10-16/h3-12,15,18H,13-14H2,1-2H3,(H,23,25)(H,24,28)/t15-,18-/m0/s1. The number of methoxy groups -OCH3 is 1. The molecule has 9 nitrogen and oxygen atoms in total. The van der Waals surface area contributed by atoms with Crippen molar-refractivity contribution in [3.05, 3.63) is 71.8 Å². The van der Waals surface area contributed by atoms with E-state index >= 15 is 0 Å². The minimum Gasteiger partial charge on any atom is -0.467 e. The molecule has 0 saturated heterocycles. The summed E-state index contributed by atoms with van der Waals surface area (Å²) in [5, 5.41) is 4.80. The van der Waals surface area contributed by atoms with Crippen LogP contribution in [0.1, 0.15) is 22.8 Å². The van der Waals surface area contributed by atoms with Crippen LogP contribution in [0.4, 0.5) is 4.79 Å². The van der Waals surface area contributed by atoms with Gasteiger partial charge < -0.3 is 24.8 Å². The highest BCUT2D eigenvalue weighted by atomic mass is 16.6. The maximum atomic E-state index is 12.2. The summed E-state index contributed by atoms with van der Waals surface area (Å²) < 4.78 is 14.7. The number of carbonyl (C=O) groups excluding carboxylic acids is 4. The Kier molecular flexibility index (Phi) is 9.03. The van der Waals surface area contributed by atoms with Gasteiger partial charge in [-0.25, -0.2) is 14.4 Å². The van der Waals surface area contributed by atoms with Gasteiger partial charge in [-0.2, -0.15) is 0 Å². The first-order valence-corrected chi connectivity index (χ1v) is 9.48. The lowest BCUT2D eigenvalue weighted by molar-refractivity contribution is -0.151. The van der Waals surface area contributed by atoms with E-state index in [1.54, 1.807) is 54.6 Å². The molecule has 2 N–H and O–H groups in total. The van der Waals surface area contributed by atoms with Crippen molar-refractivity contribution in [2.24, 2.45) is 0 Å². The van der Waals surface area contributed by atoms with Crippen molar-refractivity contribution in [2.75, 3.05) is 13.7 Å². The van der Waals surface area contributed by atoms with Crippen LogP contribution >= 0.6 is 0 Å². The number of ether oxygens (including phenoxy) is 3. The lowest BCUT2D eigenvalue weighted by Crippen LogP contribution is -2.47. The molecule has 0 spiro atoms. The smallest absolute Gasteiger partial charge is 0.408 e. The Morgan fingerprint density at radius 3 is 2.06 bits per heavy atom. The second kappa shape index (κ2) is 12.0. The zero-order chi connectivity index (χ0) is 22.6. The van der Waals surface area contributed by atoms with E-state index < -0.39 is 42.6 Å². The van der Waals surface area contributed by atoms with Crippen LogP contribution in [0.5, 0.6) is 0 Å². The lowest BCUT2D eigenvalue weighted by atomic mass is 10.2. The molecule has 0 unspecified atom stereocenters. The molecule has 0 heterocycles. The van der Waals surface area contributed by atoms with Crippen molar-refractivity contribution < 1.29 is 33.4 Å². The first-order valence-electron chi connectivity index (χ1n) is 9.48. The molecule has 0 aliphatic carbocycles. The summed E-state index contributed by atoms with van der Waals surface area (Å²) in [6, 6.07) is 15.1. The van der Waals surface area contributed by atoms with Gasteiger partial charge in [-0.1, -0.05) is 48.5 Å². The van der Waals surface area contributed by atoms with E-state index in [0.29, 0.717) is 5.56 Å². The van der Waals surface area contributed by atoms with Gasteiger partial charge in [0.05, 0.1) is 7.11 Å². The van der Waals surface area contributed by atoms with Gasteiger partial charge in [-0.15, -0.1) is 0 Å². The van der Waals surface area contributed by atoms with E-state index in [2.05, 4.69) is 15.4 Å². The Morgan fingerprint density at radius 1 is 0.839 bits per heavy atom. The Hall–Kier alpha value is -3.88. The van der Waals surface area contributed by atoms with Crippen LogP contribution in [0.15, 0.2) is 60.7 Å². The second-order valence-corrected chi connectivity index (χ2v) is 6.47. The largest absolute Gasteiger partial charge is 0.467 e. The number of benzene rings is 2. The molecule has 0 aliphatic heterocycles. The van der Waals surface area contributed by atoms with Gasteiger partial charge >= 0.3 is 18.0 Å². The Bertz CT molecular complexity index is 887. The van der Waals surface area contributed by atoms with Crippen molar-refractivity contribution >= 4 is 23.9 Å². The maximum absolute atomic E-state index is 12.2. The van der Waals surface area contributed by atoms with Crippen molar-refractivity contribution in [1.29, 1.82) is 0 Å². The van der Waals surface area contributed by atoms with Crippen molar-refractivity contribution in [2.45, 2.75) is 25.6 Å². The summed E-state index contributed by atoms with van der Waals surface area (Å²) in [5.74, 6) is -2.04. The number of carbonyl (C=O) groups is 4. The summed E-state index contributed by atoms with van der Waals surface area (Å²) >= 11 is 0. The highest BCUT2D eigenvalue weighted by Gasteiger charge is 2.26. The van der Waals surface area contributed by atoms with Gasteiger partial charge in [0.25, 0.3) is 5.91 Å². The first kappa shape index (κ1) is 23.4. The molecule has 31 heavy (non-hydrogen) atoms. The summed E-state index contributed by atoms with van der Waals surface area (Å²) in [4.78, 5) is 48.2. The third-order valence-electron chi connectivity index (χ3n) is 4.12. The molecule has 2 amide bonds. The second-order valence-electron chi connectivity index (χ2n) is 6.47. The molecule has 2 atom stereocenters. The quantitative estimate of drug-likeness (QED) is 0.462. The number of amides is 2. The normalized spacial score (nSPS) is 12.1. The number of alkyl carbamates (subject to hydrolysis) is 1. The number of hydrogen-bond acceptors (Lipinski definition) is 7. The molecule has 0 aromatic heterocycles. The molecule has 2 aromatic carbocycles. The van der Waals surface area contributed by atoms with E-state index in [4.69, 9.17) is 9.47 Å². The fraction of sp³-hybridized carbons (Fsp3) is 0.273. The summed E-state index contributed by atoms with van der Waals surface area (Å²) in [6.07, 6.45) is -0.874. The molecule has 164 valence electrons. The molecular formula is C22H24N2O7. The minimum atomic E-state index is -1.27. The third kappa shape index (κ3) is 7.81. The van der Waals surface area contributed by atoms with Crippen LogP contribution < -0.4 is 10.6 Å². The lowest BCUT2D eigenvalue weighted by Gasteiger charge is -2.18. The highest BCUT2D eigenvalue weighted by molar-refractivity contribution is 5.96. The average molecular weight is 428 g/mol. The van der Waals surface area contributed by atoms with Crippen LogP contribution in [-0.2, 0) is 30.4 Å². The molecular weight excluding hydrogens is 404 g/mol. The van der Waals surface area contributed by atoms with E-state index in [1.165, 1.54) is 6.92 Å². The number of nitrogens with one attached hydrogen (secondary N) is 2. The minimum absolute atomic E-state index is 0.00288. The molecule has 0 radical (unpaired) electrons. The molecule has 0 bridgehead atoms. The average Bonchev–Trinajstić information content (AvgIpc) is 2.80. The third-order valence-corrected chi connectivity index (χ3v) is 4.12. The van der Waals surface area contributed by atoms with E-state index in [1.807, 2.05) is 6.07 Å². The van der Waals surface area contributed by atoms with Gasteiger partial charge in [-0.05, 0) is 24.6 Å². The fourth-order valence-electron chi connectivity index (χ4n) is 2.44. The Morgan fingerprint density at radius 2 is 1.45 bits per heavy atom. The fourth-order valence-corrected chi connectivity index (χ4v) is 2.44. The highest BCUT2D eigenvalue weighted by Crippen LogP contribution is 2.03. The van der Waals surface area contributed by atoms with Crippen LogP contribution in [0, 0.1) is 0 Å². The van der Waals surface area contributed by atoms with Crippen LogP contribution in [0.3, 0.4) is 0 Å². The summed E-state index contributed by atoms with van der Waals surface area (Å²) in [7, 11) is 1.14. The molecule has 2 rings (SSSR count). The molecule has 0 fully saturated rings. The van der Waals surface area contributed by atoms with E-state index in [-0.39, 0.29) is 6.61 Å². The molecule has 9 heteroatoms. The van der Waals surface area contributed by atoms with Gasteiger partial charge in [0.1, 0.15) is 19.3 Å². The Labute approximate surface area is 179 Å². The molecule has 2 aromatic rings. The van der Waals surface area contributed by atoms with Gasteiger partial charge in [-0.3, -0.25) is 4.79 Å². The SMILES string of the molecule is COC(=O)[C@H](COC(=O)[C@H](C)NC(=O)c1ccccc1)NC(=O)OCc1ccccc1.